The summed E-state index contributed by atoms with van der Waals surface area (Å²) in [6, 6.07) is 10.6. The first-order valence-electron chi connectivity index (χ1n) is 4.60. The highest BCUT2D eigenvalue weighted by molar-refractivity contribution is 5.61. The first-order chi connectivity index (χ1) is 7.29. The van der Waals surface area contributed by atoms with Crippen LogP contribution < -0.4 is 5.32 Å². The maximum absolute atomic E-state index is 9.31. The first-order valence-corrected chi connectivity index (χ1v) is 4.60. The Morgan fingerprint density at radius 2 is 2.00 bits per heavy atom. The van der Waals surface area contributed by atoms with Crippen LogP contribution in [0.5, 0.6) is 5.75 Å². The largest absolute Gasteiger partial charge is 0.508 e. The molecule has 0 amide bonds. The minimum absolute atomic E-state index is 0.229. The van der Waals surface area contributed by atoms with Gasteiger partial charge in [-0.05, 0) is 24.3 Å². The Morgan fingerprint density at radius 3 is 2.60 bits per heavy atom. The van der Waals surface area contributed by atoms with Crippen LogP contribution in [0, 0.1) is 0 Å². The summed E-state index contributed by atoms with van der Waals surface area (Å²) >= 11 is 0. The van der Waals surface area contributed by atoms with Gasteiger partial charge in [0.05, 0.1) is 5.69 Å². The molecule has 0 radical (unpaired) electrons. The van der Waals surface area contributed by atoms with Crippen molar-refractivity contribution in [2.75, 3.05) is 12.4 Å². The fourth-order valence-electron chi connectivity index (χ4n) is 1.28. The fraction of sp³-hybridized carbons (Fsp3) is 0.0909. The van der Waals surface area contributed by atoms with Gasteiger partial charge in [-0.1, -0.05) is 12.1 Å². The summed E-state index contributed by atoms with van der Waals surface area (Å²) in [5.41, 5.74) is 1.59. The Kier molecular flexibility index (Phi) is 2.49. The van der Waals surface area contributed by atoms with Crippen LogP contribution in [0.3, 0.4) is 0 Å². The smallest absolute Gasteiger partial charge is 0.148 e. The summed E-state index contributed by atoms with van der Waals surface area (Å²) in [4.78, 5) is 0. The van der Waals surface area contributed by atoms with E-state index in [0.29, 0.717) is 0 Å². The second kappa shape index (κ2) is 3.96. The van der Waals surface area contributed by atoms with E-state index >= 15 is 0 Å². The van der Waals surface area contributed by atoms with Gasteiger partial charge < -0.3 is 10.4 Å². The van der Waals surface area contributed by atoms with Gasteiger partial charge in [-0.25, -0.2) is 0 Å². The zero-order chi connectivity index (χ0) is 10.7. The molecule has 4 nitrogen and oxygen atoms in total. The number of aromatic hydroxyl groups is 1. The van der Waals surface area contributed by atoms with Crippen molar-refractivity contribution in [1.29, 1.82) is 0 Å². The summed E-state index contributed by atoms with van der Waals surface area (Å²) in [7, 11) is 1.79. The Bertz CT molecular complexity index is 454. The molecule has 0 spiro atoms. The number of phenols is 1. The molecule has 0 aliphatic heterocycles. The van der Waals surface area contributed by atoms with Gasteiger partial charge in [0.2, 0.25) is 0 Å². The van der Waals surface area contributed by atoms with Gasteiger partial charge in [-0.15, -0.1) is 10.2 Å². The lowest BCUT2D eigenvalue weighted by Crippen LogP contribution is -1.94. The molecule has 1 aromatic carbocycles. The molecule has 1 heterocycles. The van der Waals surface area contributed by atoms with Crippen LogP contribution in [-0.2, 0) is 0 Å². The predicted molar refractivity (Wildman–Crippen MR) is 58.7 cm³/mol. The van der Waals surface area contributed by atoms with E-state index in [4.69, 9.17) is 0 Å². The second-order valence-electron chi connectivity index (χ2n) is 3.10. The topological polar surface area (TPSA) is 58.0 Å². The highest BCUT2D eigenvalue weighted by Crippen LogP contribution is 2.21. The highest BCUT2D eigenvalue weighted by Gasteiger charge is 2.00. The second-order valence-corrected chi connectivity index (χ2v) is 3.10. The molecule has 1 aromatic heterocycles. The third-order valence-electron chi connectivity index (χ3n) is 2.06. The highest BCUT2D eigenvalue weighted by atomic mass is 16.3. The van der Waals surface area contributed by atoms with Gasteiger partial charge in [-0.3, -0.25) is 0 Å². The molecule has 0 bridgehead atoms. The van der Waals surface area contributed by atoms with Gasteiger partial charge in [-0.2, -0.15) is 0 Å². The van der Waals surface area contributed by atoms with Gasteiger partial charge in [0.15, 0.2) is 0 Å². The van der Waals surface area contributed by atoms with Gasteiger partial charge in [0.25, 0.3) is 0 Å². The van der Waals surface area contributed by atoms with E-state index in [0.717, 1.165) is 17.1 Å². The number of hydrogen-bond acceptors (Lipinski definition) is 4. The average Bonchev–Trinajstić information content (AvgIpc) is 2.29. The molecule has 0 saturated carbocycles. The van der Waals surface area contributed by atoms with Crippen molar-refractivity contribution in [3.05, 3.63) is 36.4 Å². The number of hydrogen-bond donors (Lipinski definition) is 2. The SMILES string of the molecule is CNc1ccc(-c2cccc(O)c2)nn1. The maximum Gasteiger partial charge on any atom is 0.148 e. The van der Waals surface area contributed by atoms with Crippen LogP contribution in [0.2, 0.25) is 0 Å². The summed E-state index contributed by atoms with van der Waals surface area (Å²) in [5.74, 6) is 0.950. The average molecular weight is 201 g/mol. The number of nitrogens with one attached hydrogen (secondary N) is 1. The van der Waals surface area contributed by atoms with E-state index in [9.17, 15) is 5.11 Å². The molecular formula is C11H11N3O. The Morgan fingerprint density at radius 1 is 1.13 bits per heavy atom. The molecular weight excluding hydrogens is 190 g/mol. The van der Waals surface area contributed by atoms with Crippen LogP contribution in [0.1, 0.15) is 0 Å². The third-order valence-corrected chi connectivity index (χ3v) is 2.06. The lowest BCUT2D eigenvalue weighted by Gasteiger charge is -2.01. The number of aromatic nitrogens is 2. The van der Waals surface area contributed by atoms with Crippen molar-refractivity contribution in [2.24, 2.45) is 0 Å². The van der Waals surface area contributed by atoms with Gasteiger partial charge >= 0.3 is 0 Å². The summed E-state index contributed by atoms with van der Waals surface area (Å²) in [6.45, 7) is 0. The molecule has 2 N–H and O–H groups in total. The summed E-state index contributed by atoms with van der Waals surface area (Å²) in [5, 5.41) is 20.2. The number of anilines is 1. The van der Waals surface area contributed by atoms with E-state index in [1.165, 1.54) is 0 Å². The minimum atomic E-state index is 0.229. The standard InChI is InChI=1S/C11H11N3O/c1-12-11-6-5-10(13-14-11)8-3-2-4-9(15)7-8/h2-7,15H,1H3,(H,12,14). The van der Waals surface area contributed by atoms with E-state index in [2.05, 4.69) is 15.5 Å². The van der Waals surface area contributed by atoms with E-state index in [1.807, 2.05) is 18.2 Å². The van der Waals surface area contributed by atoms with E-state index < -0.39 is 0 Å². The molecule has 0 aliphatic carbocycles. The van der Waals surface area contributed by atoms with Crippen molar-refractivity contribution < 1.29 is 5.11 Å². The number of nitrogens with zero attached hydrogens (tertiary/aromatic N) is 2. The Hall–Kier alpha value is -2.10. The van der Waals surface area contributed by atoms with E-state index in [1.54, 1.807) is 25.2 Å². The third kappa shape index (κ3) is 2.04. The summed E-state index contributed by atoms with van der Waals surface area (Å²) < 4.78 is 0. The van der Waals surface area contributed by atoms with Crippen LogP contribution in [0.25, 0.3) is 11.3 Å². The van der Waals surface area contributed by atoms with Crippen molar-refractivity contribution in [3.8, 4) is 17.0 Å². The molecule has 0 saturated heterocycles. The van der Waals surface area contributed by atoms with Crippen LogP contribution >= 0.6 is 0 Å². The first kappa shape index (κ1) is 9.45. The number of phenolic OH excluding ortho intramolecular Hbond substituents is 1. The molecule has 0 fully saturated rings. The van der Waals surface area contributed by atoms with Crippen LogP contribution in [-0.4, -0.2) is 22.4 Å². The van der Waals surface area contributed by atoms with Crippen molar-refractivity contribution >= 4 is 5.82 Å². The van der Waals surface area contributed by atoms with Crippen molar-refractivity contribution in [3.63, 3.8) is 0 Å². The van der Waals surface area contributed by atoms with Crippen LogP contribution in [0.4, 0.5) is 5.82 Å². The van der Waals surface area contributed by atoms with Crippen LogP contribution in [0.15, 0.2) is 36.4 Å². The Labute approximate surface area is 87.6 Å². The molecule has 0 aliphatic rings. The lowest BCUT2D eigenvalue weighted by atomic mass is 10.1. The predicted octanol–water partition coefficient (Wildman–Crippen LogP) is 1.89. The molecule has 15 heavy (non-hydrogen) atoms. The van der Waals surface area contributed by atoms with Crippen molar-refractivity contribution in [1.82, 2.24) is 10.2 Å². The summed E-state index contributed by atoms with van der Waals surface area (Å²) in [6.07, 6.45) is 0. The number of benzene rings is 1. The molecule has 4 heteroatoms. The molecule has 2 aromatic rings. The van der Waals surface area contributed by atoms with Gasteiger partial charge in [0.1, 0.15) is 11.6 Å². The minimum Gasteiger partial charge on any atom is -0.508 e. The van der Waals surface area contributed by atoms with Gasteiger partial charge in [0, 0.05) is 12.6 Å². The van der Waals surface area contributed by atoms with Crippen molar-refractivity contribution in [2.45, 2.75) is 0 Å². The normalized spacial score (nSPS) is 9.93. The maximum atomic E-state index is 9.31. The van der Waals surface area contributed by atoms with E-state index in [-0.39, 0.29) is 5.75 Å². The fourth-order valence-corrected chi connectivity index (χ4v) is 1.28. The molecule has 76 valence electrons. The molecule has 2 rings (SSSR count). The lowest BCUT2D eigenvalue weighted by molar-refractivity contribution is 0.475. The quantitative estimate of drug-likeness (QED) is 0.779. The Balaban J connectivity index is 2.37. The molecule has 0 unspecified atom stereocenters. The number of rotatable bonds is 2. The zero-order valence-electron chi connectivity index (χ0n) is 8.31. The molecule has 0 atom stereocenters. The monoisotopic (exact) mass is 201 g/mol. The zero-order valence-corrected chi connectivity index (χ0v) is 8.31.